The van der Waals surface area contributed by atoms with Crippen LogP contribution in [-0.2, 0) is 16.0 Å². The molecule has 0 aromatic heterocycles. The molecule has 1 aromatic carbocycles. The number of nitrogens with one attached hydrogen (secondary N) is 1. The summed E-state index contributed by atoms with van der Waals surface area (Å²) in [6.07, 6.45) is 0.613. The minimum atomic E-state index is -0.198. The van der Waals surface area contributed by atoms with E-state index in [1.54, 1.807) is 19.1 Å². The molecule has 0 aliphatic heterocycles. The van der Waals surface area contributed by atoms with E-state index in [0.717, 1.165) is 0 Å². The number of ether oxygens (including phenoxy) is 1. The molecule has 0 saturated carbocycles. The zero-order chi connectivity index (χ0) is 13.4. The van der Waals surface area contributed by atoms with Gasteiger partial charge >= 0.3 is 5.97 Å². The third kappa shape index (κ3) is 4.84. The van der Waals surface area contributed by atoms with E-state index in [0.29, 0.717) is 31.7 Å². The summed E-state index contributed by atoms with van der Waals surface area (Å²) in [4.78, 5) is 11.3. The number of carbonyl (C=O) groups is 1. The summed E-state index contributed by atoms with van der Waals surface area (Å²) < 4.78 is 18.2. The molecule has 0 spiro atoms. The van der Waals surface area contributed by atoms with E-state index in [4.69, 9.17) is 4.74 Å². The molecule has 100 valence electrons. The van der Waals surface area contributed by atoms with E-state index >= 15 is 0 Å². The Morgan fingerprint density at radius 1 is 1.44 bits per heavy atom. The van der Waals surface area contributed by atoms with E-state index in [1.807, 2.05) is 13.0 Å². The van der Waals surface area contributed by atoms with Gasteiger partial charge in [0, 0.05) is 6.54 Å². The molecule has 1 atom stereocenters. The van der Waals surface area contributed by atoms with E-state index < -0.39 is 0 Å². The van der Waals surface area contributed by atoms with Crippen LogP contribution in [-0.4, -0.2) is 25.7 Å². The minimum Gasteiger partial charge on any atom is -0.466 e. The third-order valence-electron chi connectivity index (χ3n) is 2.67. The van der Waals surface area contributed by atoms with Crippen molar-refractivity contribution in [3.63, 3.8) is 0 Å². The van der Waals surface area contributed by atoms with E-state index in [-0.39, 0.29) is 17.7 Å². The molecule has 0 radical (unpaired) electrons. The smallest absolute Gasteiger partial charge is 0.309 e. The lowest BCUT2D eigenvalue weighted by molar-refractivity contribution is -0.147. The first-order valence-electron chi connectivity index (χ1n) is 6.26. The number of halogens is 1. The van der Waals surface area contributed by atoms with Gasteiger partial charge in [0.15, 0.2) is 0 Å². The molecule has 0 aliphatic carbocycles. The van der Waals surface area contributed by atoms with E-state index in [1.165, 1.54) is 6.07 Å². The fourth-order valence-electron chi connectivity index (χ4n) is 1.61. The molecule has 0 fully saturated rings. The summed E-state index contributed by atoms with van der Waals surface area (Å²) in [7, 11) is 0. The van der Waals surface area contributed by atoms with Gasteiger partial charge in [-0.25, -0.2) is 4.39 Å². The van der Waals surface area contributed by atoms with Crippen LogP contribution in [0.2, 0.25) is 0 Å². The fraction of sp³-hybridized carbons (Fsp3) is 0.500. The monoisotopic (exact) mass is 253 g/mol. The highest BCUT2D eigenvalue weighted by Crippen LogP contribution is 2.06. The summed E-state index contributed by atoms with van der Waals surface area (Å²) in [5.41, 5.74) is 0.689. The van der Waals surface area contributed by atoms with Crippen molar-refractivity contribution < 1.29 is 13.9 Å². The van der Waals surface area contributed by atoms with Crippen molar-refractivity contribution in [1.29, 1.82) is 0 Å². The number of hydrogen-bond donors (Lipinski definition) is 1. The lowest BCUT2D eigenvalue weighted by Crippen LogP contribution is -2.29. The number of carbonyl (C=O) groups excluding carboxylic acids is 1. The molecule has 0 amide bonds. The Hall–Kier alpha value is -1.42. The van der Waals surface area contributed by atoms with Gasteiger partial charge in [-0.3, -0.25) is 4.79 Å². The standard InChI is InChI=1S/C14H20FNO2/c1-3-18-14(17)11(2)10-16-9-8-12-6-4-5-7-13(12)15/h4-7,11,16H,3,8-10H2,1-2H3. The first-order chi connectivity index (χ1) is 8.65. The molecule has 0 saturated heterocycles. The topological polar surface area (TPSA) is 38.3 Å². The van der Waals surface area contributed by atoms with Gasteiger partial charge in [-0.15, -0.1) is 0 Å². The maximum Gasteiger partial charge on any atom is 0.309 e. The van der Waals surface area contributed by atoms with Crippen molar-refractivity contribution in [3.05, 3.63) is 35.6 Å². The fourth-order valence-corrected chi connectivity index (χ4v) is 1.61. The highest BCUT2D eigenvalue weighted by atomic mass is 19.1. The predicted octanol–water partition coefficient (Wildman–Crippen LogP) is 2.16. The number of esters is 1. The Kier molecular flexibility index (Phi) is 6.36. The maximum atomic E-state index is 13.3. The van der Waals surface area contributed by atoms with E-state index in [2.05, 4.69) is 5.32 Å². The normalized spacial score (nSPS) is 12.2. The second-order valence-corrected chi connectivity index (χ2v) is 4.20. The molecular weight excluding hydrogens is 233 g/mol. The molecule has 0 bridgehead atoms. The number of benzene rings is 1. The average Bonchev–Trinajstić information content (AvgIpc) is 2.36. The van der Waals surface area contributed by atoms with Crippen molar-refractivity contribution in [2.75, 3.05) is 19.7 Å². The summed E-state index contributed by atoms with van der Waals surface area (Å²) in [6, 6.07) is 6.72. The van der Waals surface area contributed by atoms with Crippen molar-refractivity contribution in [3.8, 4) is 0 Å². The molecule has 0 heterocycles. The Morgan fingerprint density at radius 3 is 2.83 bits per heavy atom. The van der Waals surface area contributed by atoms with Gasteiger partial charge in [0.2, 0.25) is 0 Å². The quantitative estimate of drug-likeness (QED) is 0.598. The highest BCUT2D eigenvalue weighted by Gasteiger charge is 2.12. The van der Waals surface area contributed by atoms with Gasteiger partial charge in [-0.05, 0) is 31.5 Å². The zero-order valence-electron chi connectivity index (χ0n) is 10.9. The van der Waals surface area contributed by atoms with Crippen LogP contribution in [0.4, 0.5) is 4.39 Å². The van der Waals surface area contributed by atoms with Crippen LogP contribution < -0.4 is 5.32 Å². The summed E-state index contributed by atoms with van der Waals surface area (Å²) in [5, 5.41) is 3.13. The third-order valence-corrected chi connectivity index (χ3v) is 2.67. The SMILES string of the molecule is CCOC(=O)C(C)CNCCc1ccccc1F. The second kappa shape index (κ2) is 7.82. The molecule has 1 rings (SSSR count). The second-order valence-electron chi connectivity index (χ2n) is 4.20. The highest BCUT2D eigenvalue weighted by molar-refractivity contribution is 5.72. The first kappa shape index (κ1) is 14.6. The summed E-state index contributed by atoms with van der Waals surface area (Å²) >= 11 is 0. The van der Waals surface area contributed by atoms with Gasteiger partial charge in [0.05, 0.1) is 12.5 Å². The van der Waals surface area contributed by atoms with Crippen molar-refractivity contribution >= 4 is 5.97 Å². The van der Waals surface area contributed by atoms with Crippen molar-refractivity contribution in [2.45, 2.75) is 20.3 Å². The van der Waals surface area contributed by atoms with Crippen LogP contribution in [0.5, 0.6) is 0 Å². The van der Waals surface area contributed by atoms with Crippen molar-refractivity contribution in [1.82, 2.24) is 5.32 Å². The van der Waals surface area contributed by atoms with Crippen molar-refractivity contribution in [2.24, 2.45) is 5.92 Å². The average molecular weight is 253 g/mol. The summed E-state index contributed by atoms with van der Waals surface area (Å²) in [6.45, 7) is 5.20. The van der Waals surface area contributed by atoms with Crippen LogP contribution >= 0.6 is 0 Å². The molecule has 1 unspecified atom stereocenters. The molecular formula is C14H20FNO2. The van der Waals surface area contributed by atoms with Gasteiger partial charge in [-0.1, -0.05) is 25.1 Å². The summed E-state index contributed by atoms with van der Waals surface area (Å²) in [5.74, 6) is -0.556. The van der Waals surface area contributed by atoms with Gasteiger partial charge < -0.3 is 10.1 Å². The molecule has 1 aromatic rings. The van der Waals surface area contributed by atoms with Gasteiger partial charge in [-0.2, -0.15) is 0 Å². The Morgan fingerprint density at radius 2 is 2.17 bits per heavy atom. The minimum absolute atomic E-state index is 0.175. The van der Waals surface area contributed by atoms with Crippen LogP contribution in [0.1, 0.15) is 19.4 Å². The molecule has 3 nitrogen and oxygen atoms in total. The van der Waals surface area contributed by atoms with Gasteiger partial charge in [0.1, 0.15) is 5.82 Å². The Balaban J connectivity index is 2.23. The van der Waals surface area contributed by atoms with Crippen LogP contribution in [0.15, 0.2) is 24.3 Å². The molecule has 18 heavy (non-hydrogen) atoms. The lowest BCUT2D eigenvalue weighted by atomic mass is 10.1. The Bertz CT molecular complexity index is 382. The van der Waals surface area contributed by atoms with Crippen LogP contribution in [0.25, 0.3) is 0 Å². The number of hydrogen-bond acceptors (Lipinski definition) is 3. The first-order valence-corrected chi connectivity index (χ1v) is 6.26. The van der Waals surface area contributed by atoms with E-state index in [9.17, 15) is 9.18 Å². The van der Waals surface area contributed by atoms with Gasteiger partial charge in [0.25, 0.3) is 0 Å². The predicted molar refractivity (Wildman–Crippen MR) is 68.8 cm³/mol. The maximum absolute atomic E-state index is 13.3. The zero-order valence-corrected chi connectivity index (χ0v) is 10.9. The molecule has 4 heteroatoms. The number of rotatable bonds is 7. The van der Waals surface area contributed by atoms with Crippen LogP contribution in [0.3, 0.4) is 0 Å². The Labute approximate surface area is 107 Å². The lowest BCUT2D eigenvalue weighted by Gasteiger charge is -2.11. The molecule has 0 aliphatic rings. The molecule has 1 N–H and O–H groups in total. The largest absolute Gasteiger partial charge is 0.466 e. The van der Waals surface area contributed by atoms with Crippen LogP contribution in [0, 0.1) is 11.7 Å².